The molecule has 0 aliphatic carbocycles. The summed E-state index contributed by atoms with van der Waals surface area (Å²) in [5.41, 5.74) is 4.28. The number of amides is 1. The predicted molar refractivity (Wildman–Crippen MR) is 93.2 cm³/mol. The standard InChI is InChI=1S/C18H16N2OS/c1-12-8-9-15(10-13(12)2)19-18-20-17(21)16(22-18)11-14-6-4-3-5-7-14/h3-11H,1-2H3,(H,19,20,21). The number of nitrogens with one attached hydrogen (secondary N) is 1. The zero-order chi connectivity index (χ0) is 15.5. The summed E-state index contributed by atoms with van der Waals surface area (Å²) in [5, 5.41) is 3.43. The summed E-state index contributed by atoms with van der Waals surface area (Å²) in [6.07, 6.45) is 1.88. The van der Waals surface area contributed by atoms with Crippen LogP contribution in [0.2, 0.25) is 0 Å². The highest BCUT2D eigenvalue weighted by Crippen LogP contribution is 2.28. The van der Waals surface area contributed by atoms with E-state index in [9.17, 15) is 4.79 Å². The van der Waals surface area contributed by atoms with E-state index in [1.54, 1.807) is 0 Å². The van der Waals surface area contributed by atoms with Crippen LogP contribution in [0.3, 0.4) is 0 Å². The smallest absolute Gasteiger partial charge is 0.264 e. The van der Waals surface area contributed by atoms with E-state index in [4.69, 9.17) is 0 Å². The fourth-order valence-corrected chi connectivity index (χ4v) is 2.94. The molecule has 4 heteroatoms. The van der Waals surface area contributed by atoms with Gasteiger partial charge in [0, 0.05) is 0 Å². The third-order valence-corrected chi connectivity index (χ3v) is 4.38. The molecule has 0 aromatic heterocycles. The first-order valence-electron chi connectivity index (χ1n) is 7.04. The van der Waals surface area contributed by atoms with Crippen molar-refractivity contribution in [1.29, 1.82) is 0 Å². The van der Waals surface area contributed by atoms with Gasteiger partial charge in [-0.25, -0.2) is 4.99 Å². The maximum Gasteiger partial charge on any atom is 0.264 e. The molecular weight excluding hydrogens is 292 g/mol. The Kier molecular flexibility index (Phi) is 4.11. The third-order valence-electron chi connectivity index (χ3n) is 3.47. The van der Waals surface area contributed by atoms with Gasteiger partial charge in [0.1, 0.15) is 0 Å². The van der Waals surface area contributed by atoms with Gasteiger partial charge in [-0.1, -0.05) is 36.4 Å². The minimum absolute atomic E-state index is 0.101. The largest absolute Gasteiger partial charge is 0.300 e. The number of carbonyl (C=O) groups excluding carboxylic acids is 1. The predicted octanol–water partition coefficient (Wildman–Crippen LogP) is 4.20. The maximum atomic E-state index is 12.0. The Morgan fingerprint density at radius 1 is 1.05 bits per heavy atom. The van der Waals surface area contributed by atoms with Crippen LogP contribution in [0.1, 0.15) is 16.7 Å². The lowest BCUT2D eigenvalue weighted by atomic mass is 10.1. The molecule has 0 saturated carbocycles. The number of carbonyl (C=O) groups is 1. The van der Waals surface area contributed by atoms with Crippen LogP contribution < -0.4 is 5.32 Å². The minimum Gasteiger partial charge on any atom is -0.300 e. The van der Waals surface area contributed by atoms with Crippen molar-refractivity contribution in [3.8, 4) is 0 Å². The summed E-state index contributed by atoms with van der Waals surface area (Å²) >= 11 is 1.37. The van der Waals surface area contributed by atoms with Gasteiger partial charge in [0.2, 0.25) is 0 Å². The molecule has 0 atom stereocenters. The van der Waals surface area contributed by atoms with Gasteiger partial charge in [-0.15, -0.1) is 0 Å². The number of hydrogen-bond acceptors (Lipinski definition) is 3. The molecule has 3 rings (SSSR count). The molecule has 22 heavy (non-hydrogen) atoms. The summed E-state index contributed by atoms with van der Waals surface area (Å²) in [5.74, 6) is -0.101. The van der Waals surface area contributed by atoms with Crippen LogP contribution in [0.5, 0.6) is 0 Å². The van der Waals surface area contributed by atoms with Gasteiger partial charge in [-0.2, -0.15) is 0 Å². The van der Waals surface area contributed by atoms with Gasteiger partial charge in [-0.3, -0.25) is 4.79 Å². The van der Waals surface area contributed by atoms with E-state index >= 15 is 0 Å². The molecule has 0 radical (unpaired) electrons. The summed E-state index contributed by atoms with van der Waals surface area (Å²) in [4.78, 5) is 17.2. The number of thioether (sulfide) groups is 1. The van der Waals surface area contributed by atoms with Gasteiger partial charge in [0.25, 0.3) is 5.91 Å². The molecule has 1 heterocycles. The van der Waals surface area contributed by atoms with Crippen LogP contribution in [0.15, 0.2) is 58.4 Å². The summed E-state index contributed by atoms with van der Waals surface area (Å²) in [7, 11) is 0. The van der Waals surface area contributed by atoms with E-state index in [0.717, 1.165) is 11.3 Å². The number of amidine groups is 1. The second kappa shape index (κ2) is 6.20. The van der Waals surface area contributed by atoms with Crippen molar-refractivity contribution in [2.45, 2.75) is 13.8 Å². The van der Waals surface area contributed by atoms with Crippen molar-refractivity contribution in [3.05, 3.63) is 70.1 Å². The maximum absolute atomic E-state index is 12.0. The van der Waals surface area contributed by atoms with Gasteiger partial charge in [-0.05, 0) is 60.5 Å². The number of benzene rings is 2. The minimum atomic E-state index is -0.101. The number of aryl methyl sites for hydroxylation is 2. The van der Waals surface area contributed by atoms with E-state index in [-0.39, 0.29) is 5.91 Å². The number of hydrogen-bond donors (Lipinski definition) is 1. The highest BCUT2D eigenvalue weighted by atomic mass is 32.2. The van der Waals surface area contributed by atoms with E-state index in [0.29, 0.717) is 10.1 Å². The van der Waals surface area contributed by atoms with Crippen molar-refractivity contribution in [1.82, 2.24) is 5.32 Å². The second-order valence-corrected chi connectivity index (χ2v) is 6.19. The number of rotatable bonds is 2. The summed E-state index contributed by atoms with van der Waals surface area (Å²) in [6.45, 7) is 4.12. The van der Waals surface area contributed by atoms with Gasteiger partial charge in [0.05, 0.1) is 10.6 Å². The topological polar surface area (TPSA) is 41.5 Å². The molecule has 0 bridgehead atoms. The van der Waals surface area contributed by atoms with Crippen LogP contribution >= 0.6 is 11.8 Å². The average Bonchev–Trinajstić information content (AvgIpc) is 2.84. The van der Waals surface area contributed by atoms with Crippen molar-refractivity contribution in [2.75, 3.05) is 0 Å². The van der Waals surface area contributed by atoms with Crippen LogP contribution in [0.4, 0.5) is 5.69 Å². The van der Waals surface area contributed by atoms with Gasteiger partial charge < -0.3 is 5.32 Å². The zero-order valence-corrected chi connectivity index (χ0v) is 13.3. The normalized spacial score (nSPS) is 18.0. The fourth-order valence-electron chi connectivity index (χ4n) is 2.09. The molecule has 2 aromatic rings. The lowest BCUT2D eigenvalue weighted by Crippen LogP contribution is -2.19. The van der Waals surface area contributed by atoms with E-state index < -0.39 is 0 Å². The van der Waals surface area contributed by atoms with E-state index in [1.165, 1.54) is 22.9 Å². The monoisotopic (exact) mass is 308 g/mol. The van der Waals surface area contributed by atoms with Crippen LogP contribution in [-0.2, 0) is 4.79 Å². The molecule has 1 N–H and O–H groups in total. The molecule has 0 spiro atoms. The molecule has 2 aromatic carbocycles. The Balaban J connectivity index is 1.83. The van der Waals surface area contributed by atoms with Crippen molar-refractivity contribution in [3.63, 3.8) is 0 Å². The highest BCUT2D eigenvalue weighted by molar-refractivity contribution is 8.18. The molecule has 1 amide bonds. The Hall–Kier alpha value is -2.33. The SMILES string of the molecule is Cc1ccc(N=C2NC(=O)C(=Cc3ccccc3)S2)cc1C. The van der Waals surface area contributed by atoms with Crippen molar-refractivity contribution < 1.29 is 4.79 Å². The van der Waals surface area contributed by atoms with Crippen LogP contribution in [0.25, 0.3) is 6.08 Å². The molecule has 1 fully saturated rings. The van der Waals surface area contributed by atoms with Gasteiger partial charge >= 0.3 is 0 Å². The summed E-state index contributed by atoms with van der Waals surface area (Å²) in [6, 6.07) is 15.8. The fraction of sp³-hybridized carbons (Fsp3) is 0.111. The Bertz CT molecular complexity index is 779. The molecule has 1 aliphatic rings. The van der Waals surface area contributed by atoms with Gasteiger partial charge in [0.15, 0.2) is 5.17 Å². The third kappa shape index (κ3) is 3.28. The number of aliphatic imine (C=N–C) groups is 1. The van der Waals surface area contributed by atoms with E-state index in [2.05, 4.69) is 24.2 Å². The van der Waals surface area contributed by atoms with Crippen molar-refractivity contribution in [2.24, 2.45) is 4.99 Å². The molecule has 3 nitrogen and oxygen atoms in total. The lowest BCUT2D eigenvalue weighted by molar-refractivity contribution is -0.115. The average molecular weight is 308 g/mol. The van der Waals surface area contributed by atoms with Crippen molar-refractivity contribution >= 4 is 34.6 Å². The quantitative estimate of drug-likeness (QED) is 0.845. The number of nitrogens with zero attached hydrogens (tertiary/aromatic N) is 1. The first-order chi connectivity index (χ1) is 10.6. The first-order valence-corrected chi connectivity index (χ1v) is 7.85. The van der Waals surface area contributed by atoms with E-state index in [1.807, 2.05) is 54.6 Å². The zero-order valence-electron chi connectivity index (χ0n) is 12.5. The highest BCUT2D eigenvalue weighted by Gasteiger charge is 2.23. The van der Waals surface area contributed by atoms with Crippen LogP contribution in [0, 0.1) is 13.8 Å². The second-order valence-electron chi connectivity index (χ2n) is 5.16. The Labute approximate surface area is 134 Å². The van der Waals surface area contributed by atoms with Crippen LogP contribution in [-0.4, -0.2) is 11.1 Å². The summed E-state index contributed by atoms with van der Waals surface area (Å²) < 4.78 is 0. The molecule has 1 saturated heterocycles. The first kappa shape index (κ1) is 14.6. The Morgan fingerprint density at radius 2 is 1.82 bits per heavy atom. The molecular formula is C18H16N2OS. The molecule has 110 valence electrons. The Morgan fingerprint density at radius 3 is 2.55 bits per heavy atom. The molecule has 1 aliphatic heterocycles. The molecule has 0 unspecified atom stereocenters. The lowest BCUT2D eigenvalue weighted by Gasteiger charge is -2.01.